The molecule has 0 amide bonds. The molecule has 3 aromatic carbocycles. The van der Waals surface area contributed by atoms with Crippen molar-refractivity contribution in [3.05, 3.63) is 82.4 Å². The van der Waals surface area contributed by atoms with E-state index in [0.717, 1.165) is 22.6 Å². The zero-order chi connectivity index (χ0) is 19.9. The summed E-state index contributed by atoms with van der Waals surface area (Å²) in [7, 11) is 3.28. The van der Waals surface area contributed by atoms with Gasteiger partial charge in [0.15, 0.2) is 11.5 Å². The van der Waals surface area contributed by atoms with Gasteiger partial charge in [-0.2, -0.15) is 0 Å². The Labute approximate surface area is 171 Å². The van der Waals surface area contributed by atoms with Crippen LogP contribution >= 0.6 is 11.6 Å². The van der Waals surface area contributed by atoms with Crippen molar-refractivity contribution in [2.24, 2.45) is 0 Å². The highest BCUT2D eigenvalue weighted by molar-refractivity contribution is 6.31. The van der Waals surface area contributed by atoms with Crippen LogP contribution in [0.5, 0.6) is 17.2 Å². The van der Waals surface area contributed by atoms with Crippen molar-refractivity contribution in [1.82, 2.24) is 0 Å². The van der Waals surface area contributed by atoms with E-state index in [0.29, 0.717) is 29.7 Å². The lowest BCUT2D eigenvalue weighted by atomic mass is 10.1. The van der Waals surface area contributed by atoms with Gasteiger partial charge in [-0.25, -0.2) is 0 Å². The van der Waals surface area contributed by atoms with Crippen LogP contribution in [0.25, 0.3) is 0 Å². The van der Waals surface area contributed by atoms with Crippen LogP contribution in [-0.4, -0.2) is 14.2 Å². The average molecular weight is 398 g/mol. The van der Waals surface area contributed by atoms with Crippen LogP contribution in [0.1, 0.15) is 16.7 Å². The molecule has 3 rings (SSSR count). The molecule has 0 saturated heterocycles. The Hall–Kier alpha value is -2.85. The first kappa shape index (κ1) is 19.9. The minimum absolute atomic E-state index is 0.456. The quantitative estimate of drug-likeness (QED) is 0.517. The fraction of sp³-hybridized carbons (Fsp3) is 0.217. The van der Waals surface area contributed by atoms with Gasteiger partial charge in [0, 0.05) is 23.3 Å². The molecule has 4 nitrogen and oxygen atoms in total. The van der Waals surface area contributed by atoms with E-state index in [9.17, 15) is 0 Å². The van der Waals surface area contributed by atoms with E-state index in [4.69, 9.17) is 25.8 Å². The standard InChI is InChI=1S/C23H24ClNO3/c1-16-5-4-6-17(11-16)15-28-23-13-21(24)18(12-22(23)27-3)14-25-19-7-9-20(26-2)10-8-19/h4-13,25H,14-15H2,1-3H3. The minimum Gasteiger partial charge on any atom is -0.497 e. The molecule has 0 bridgehead atoms. The maximum Gasteiger partial charge on any atom is 0.163 e. The van der Waals surface area contributed by atoms with Gasteiger partial charge in [-0.1, -0.05) is 41.4 Å². The van der Waals surface area contributed by atoms with Gasteiger partial charge in [-0.3, -0.25) is 0 Å². The van der Waals surface area contributed by atoms with Gasteiger partial charge >= 0.3 is 0 Å². The summed E-state index contributed by atoms with van der Waals surface area (Å²) < 4.78 is 16.6. The second-order valence-electron chi connectivity index (χ2n) is 6.45. The summed E-state index contributed by atoms with van der Waals surface area (Å²) in [5.74, 6) is 2.10. The third-order valence-corrected chi connectivity index (χ3v) is 4.73. The molecule has 0 aliphatic heterocycles. The first-order chi connectivity index (χ1) is 13.6. The first-order valence-electron chi connectivity index (χ1n) is 9.01. The Kier molecular flexibility index (Phi) is 6.66. The van der Waals surface area contributed by atoms with Gasteiger partial charge in [0.25, 0.3) is 0 Å². The van der Waals surface area contributed by atoms with E-state index in [1.807, 2.05) is 42.5 Å². The maximum absolute atomic E-state index is 6.48. The highest BCUT2D eigenvalue weighted by atomic mass is 35.5. The van der Waals surface area contributed by atoms with Crippen molar-refractivity contribution in [2.75, 3.05) is 19.5 Å². The molecule has 146 valence electrons. The van der Waals surface area contributed by atoms with E-state index in [1.165, 1.54) is 5.56 Å². The van der Waals surface area contributed by atoms with Crippen molar-refractivity contribution >= 4 is 17.3 Å². The molecule has 1 N–H and O–H groups in total. The molecule has 28 heavy (non-hydrogen) atoms. The van der Waals surface area contributed by atoms with Gasteiger partial charge in [0.1, 0.15) is 12.4 Å². The van der Waals surface area contributed by atoms with Crippen LogP contribution in [0, 0.1) is 6.92 Å². The van der Waals surface area contributed by atoms with E-state index in [2.05, 4.69) is 24.4 Å². The molecule has 0 aromatic heterocycles. The largest absolute Gasteiger partial charge is 0.497 e. The second kappa shape index (κ2) is 9.38. The number of halogens is 1. The monoisotopic (exact) mass is 397 g/mol. The van der Waals surface area contributed by atoms with E-state index < -0.39 is 0 Å². The molecule has 0 aliphatic rings. The fourth-order valence-electron chi connectivity index (χ4n) is 2.85. The van der Waals surface area contributed by atoms with Crippen molar-refractivity contribution in [3.8, 4) is 17.2 Å². The van der Waals surface area contributed by atoms with Gasteiger partial charge in [-0.15, -0.1) is 0 Å². The van der Waals surface area contributed by atoms with Gasteiger partial charge in [-0.05, 0) is 48.4 Å². The molecule has 0 atom stereocenters. The van der Waals surface area contributed by atoms with Crippen LogP contribution in [0.3, 0.4) is 0 Å². The van der Waals surface area contributed by atoms with Gasteiger partial charge in [0.05, 0.1) is 14.2 Å². The minimum atomic E-state index is 0.456. The Balaban J connectivity index is 1.69. The molecule has 0 aliphatic carbocycles. The van der Waals surface area contributed by atoms with Crippen LogP contribution in [0.15, 0.2) is 60.7 Å². The lowest BCUT2D eigenvalue weighted by Gasteiger charge is -2.15. The highest BCUT2D eigenvalue weighted by Crippen LogP contribution is 2.34. The third kappa shape index (κ3) is 5.11. The number of ether oxygens (including phenoxy) is 3. The summed E-state index contributed by atoms with van der Waals surface area (Å²) in [6.45, 7) is 3.09. The number of rotatable bonds is 8. The smallest absolute Gasteiger partial charge is 0.163 e. The predicted octanol–water partition coefficient (Wildman–Crippen LogP) is 5.86. The number of nitrogens with one attached hydrogen (secondary N) is 1. The summed E-state index contributed by atoms with van der Waals surface area (Å²) >= 11 is 6.48. The van der Waals surface area contributed by atoms with Crippen LogP contribution in [-0.2, 0) is 13.2 Å². The highest BCUT2D eigenvalue weighted by Gasteiger charge is 2.11. The molecule has 0 radical (unpaired) electrons. The summed E-state index contributed by atoms with van der Waals surface area (Å²) in [6.07, 6.45) is 0. The van der Waals surface area contributed by atoms with E-state index >= 15 is 0 Å². The molecule has 0 fully saturated rings. The lowest BCUT2D eigenvalue weighted by Crippen LogP contribution is -2.03. The number of anilines is 1. The van der Waals surface area contributed by atoms with Crippen LogP contribution in [0.4, 0.5) is 5.69 Å². The number of methoxy groups -OCH3 is 2. The predicted molar refractivity (Wildman–Crippen MR) is 114 cm³/mol. The summed E-state index contributed by atoms with van der Waals surface area (Å²) in [5, 5.41) is 3.98. The SMILES string of the molecule is COc1ccc(NCc2cc(OC)c(OCc3cccc(C)c3)cc2Cl)cc1. The molecular weight excluding hydrogens is 374 g/mol. The second-order valence-corrected chi connectivity index (χ2v) is 6.86. The topological polar surface area (TPSA) is 39.7 Å². The van der Waals surface area contributed by atoms with Crippen molar-refractivity contribution in [2.45, 2.75) is 20.1 Å². The Bertz CT molecular complexity index is 926. The van der Waals surface area contributed by atoms with E-state index in [-0.39, 0.29) is 0 Å². The lowest BCUT2D eigenvalue weighted by molar-refractivity contribution is 0.284. The molecule has 5 heteroatoms. The van der Waals surface area contributed by atoms with Crippen molar-refractivity contribution in [1.29, 1.82) is 0 Å². The number of benzene rings is 3. The Morgan fingerprint density at radius 2 is 1.68 bits per heavy atom. The molecule has 3 aromatic rings. The molecule has 0 saturated carbocycles. The summed E-state index contributed by atoms with van der Waals surface area (Å²) in [5.41, 5.74) is 4.21. The Morgan fingerprint density at radius 3 is 2.36 bits per heavy atom. The number of hydrogen-bond donors (Lipinski definition) is 1. The fourth-order valence-corrected chi connectivity index (χ4v) is 3.07. The van der Waals surface area contributed by atoms with Crippen LogP contribution < -0.4 is 19.5 Å². The first-order valence-corrected chi connectivity index (χ1v) is 9.39. The van der Waals surface area contributed by atoms with Gasteiger partial charge in [0.2, 0.25) is 0 Å². The molecule has 0 spiro atoms. The van der Waals surface area contributed by atoms with Crippen molar-refractivity contribution in [3.63, 3.8) is 0 Å². The molecule has 0 unspecified atom stereocenters. The zero-order valence-corrected chi connectivity index (χ0v) is 17.0. The average Bonchev–Trinajstić information content (AvgIpc) is 2.72. The maximum atomic E-state index is 6.48. The number of aryl methyl sites for hydroxylation is 1. The zero-order valence-electron chi connectivity index (χ0n) is 16.3. The van der Waals surface area contributed by atoms with Crippen molar-refractivity contribution < 1.29 is 14.2 Å². The normalized spacial score (nSPS) is 10.4. The molecular formula is C23H24ClNO3. The van der Waals surface area contributed by atoms with E-state index in [1.54, 1.807) is 20.3 Å². The van der Waals surface area contributed by atoms with Crippen LogP contribution in [0.2, 0.25) is 5.02 Å². The number of hydrogen-bond acceptors (Lipinski definition) is 4. The third-order valence-electron chi connectivity index (χ3n) is 4.38. The Morgan fingerprint density at radius 1 is 0.893 bits per heavy atom. The van der Waals surface area contributed by atoms with Gasteiger partial charge < -0.3 is 19.5 Å². The summed E-state index contributed by atoms with van der Waals surface area (Å²) in [6, 6.07) is 19.7. The molecule has 0 heterocycles. The summed E-state index contributed by atoms with van der Waals surface area (Å²) in [4.78, 5) is 0.